The molecule has 0 aliphatic carbocycles. The van der Waals surface area contributed by atoms with Gasteiger partial charge in [-0.25, -0.2) is 4.39 Å². The lowest BCUT2D eigenvalue weighted by Crippen LogP contribution is -2.45. The van der Waals surface area contributed by atoms with Crippen molar-refractivity contribution in [2.24, 2.45) is 0 Å². The number of piperazine rings is 1. The fourth-order valence-electron chi connectivity index (χ4n) is 2.78. The third kappa shape index (κ3) is 4.23. The summed E-state index contributed by atoms with van der Waals surface area (Å²) < 4.78 is 24.8. The summed E-state index contributed by atoms with van der Waals surface area (Å²) >= 11 is 0. The number of nitrogens with zero attached hydrogens (tertiary/aromatic N) is 1. The molecule has 0 aromatic heterocycles. The number of halogens is 2. The van der Waals surface area contributed by atoms with E-state index in [0.717, 1.165) is 26.2 Å². The van der Waals surface area contributed by atoms with Crippen LogP contribution in [0.15, 0.2) is 12.1 Å². The van der Waals surface area contributed by atoms with E-state index in [9.17, 15) is 9.50 Å². The number of ether oxygens (including phenoxy) is 2. The Labute approximate surface area is 136 Å². The summed E-state index contributed by atoms with van der Waals surface area (Å²) in [5.41, 5.74) is 0.545. The van der Waals surface area contributed by atoms with Crippen LogP contribution in [0.3, 0.4) is 0 Å². The first-order valence-electron chi connectivity index (χ1n) is 7.18. The van der Waals surface area contributed by atoms with Crippen molar-refractivity contribution < 1.29 is 19.0 Å². The van der Waals surface area contributed by atoms with Crippen LogP contribution in [0, 0.1) is 5.82 Å². The Kier molecular flexibility index (Phi) is 7.89. The highest BCUT2D eigenvalue weighted by atomic mass is 35.5. The number of hydrogen-bond acceptors (Lipinski definition) is 5. The highest BCUT2D eigenvalue weighted by molar-refractivity contribution is 5.85. The SMILES string of the molecule is COc1cc(F)c([C@H](CCO)N2CCNCC2)cc1OC.Cl. The van der Waals surface area contributed by atoms with Crippen LogP contribution < -0.4 is 14.8 Å². The molecule has 0 saturated carbocycles. The van der Waals surface area contributed by atoms with Gasteiger partial charge >= 0.3 is 0 Å². The van der Waals surface area contributed by atoms with Crippen molar-refractivity contribution in [1.82, 2.24) is 10.2 Å². The predicted octanol–water partition coefficient (Wildman–Crippen LogP) is 1.59. The minimum absolute atomic E-state index is 0. The fourth-order valence-corrected chi connectivity index (χ4v) is 2.78. The topological polar surface area (TPSA) is 54.0 Å². The lowest BCUT2D eigenvalue weighted by atomic mass is 10.00. The van der Waals surface area contributed by atoms with Crippen LogP contribution in [0.2, 0.25) is 0 Å². The van der Waals surface area contributed by atoms with Crippen molar-refractivity contribution in [2.45, 2.75) is 12.5 Å². The summed E-state index contributed by atoms with van der Waals surface area (Å²) in [4.78, 5) is 2.19. The maximum atomic E-state index is 14.4. The summed E-state index contributed by atoms with van der Waals surface area (Å²) in [7, 11) is 3.02. The van der Waals surface area contributed by atoms with E-state index >= 15 is 0 Å². The van der Waals surface area contributed by atoms with Gasteiger partial charge < -0.3 is 19.9 Å². The molecule has 5 nitrogen and oxygen atoms in total. The molecule has 1 atom stereocenters. The largest absolute Gasteiger partial charge is 0.493 e. The van der Waals surface area contributed by atoms with E-state index in [1.807, 2.05) is 0 Å². The van der Waals surface area contributed by atoms with Gasteiger partial charge in [0, 0.05) is 50.5 Å². The third-order valence-electron chi connectivity index (χ3n) is 3.86. The van der Waals surface area contributed by atoms with Crippen molar-refractivity contribution in [1.29, 1.82) is 0 Å². The van der Waals surface area contributed by atoms with E-state index < -0.39 is 0 Å². The van der Waals surface area contributed by atoms with Crippen LogP contribution in [0.4, 0.5) is 4.39 Å². The summed E-state index contributed by atoms with van der Waals surface area (Å²) in [5, 5.41) is 12.6. The third-order valence-corrected chi connectivity index (χ3v) is 3.86. The van der Waals surface area contributed by atoms with Gasteiger partial charge in [-0.05, 0) is 12.5 Å². The van der Waals surface area contributed by atoms with Crippen LogP contribution in [-0.2, 0) is 0 Å². The van der Waals surface area contributed by atoms with E-state index in [1.54, 1.807) is 6.07 Å². The fraction of sp³-hybridized carbons (Fsp3) is 0.600. The zero-order valence-corrected chi connectivity index (χ0v) is 13.8. The van der Waals surface area contributed by atoms with E-state index in [4.69, 9.17) is 9.47 Å². The van der Waals surface area contributed by atoms with Crippen molar-refractivity contribution in [2.75, 3.05) is 47.0 Å². The minimum atomic E-state index is -0.329. The van der Waals surface area contributed by atoms with Gasteiger partial charge in [0.2, 0.25) is 0 Å². The minimum Gasteiger partial charge on any atom is -0.493 e. The molecule has 1 fully saturated rings. The normalized spacial score (nSPS) is 16.7. The predicted molar refractivity (Wildman–Crippen MR) is 85.6 cm³/mol. The Balaban J connectivity index is 0.00000242. The molecule has 1 aromatic rings. The van der Waals surface area contributed by atoms with Gasteiger partial charge in [0.25, 0.3) is 0 Å². The second kappa shape index (κ2) is 9.15. The molecule has 0 radical (unpaired) electrons. The number of methoxy groups -OCH3 is 2. The van der Waals surface area contributed by atoms with Crippen molar-refractivity contribution in [3.05, 3.63) is 23.5 Å². The molecule has 1 aromatic carbocycles. The van der Waals surface area contributed by atoms with Crippen LogP contribution >= 0.6 is 12.4 Å². The molecule has 126 valence electrons. The van der Waals surface area contributed by atoms with Crippen molar-refractivity contribution in [3.8, 4) is 11.5 Å². The number of rotatable bonds is 6. The van der Waals surface area contributed by atoms with Gasteiger partial charge in [0.05, 0.1) is 14.2 Å². The molecule has 1 saturated heterocycles. The van der Waals surface area contributed by atoms with Gasteiger partial charge in [0.15, 0.2) is 11.5 Å². The average molecular weight is 335 g/mol. The van der Waals surface area contributed by atoms with Crippen molar-refractivity contribution in [3.63, 3.8) is 0 Å². The van der Waals surface area contributed by atoms with Gasteiger partial charge in [-0.1, -0.05) is 0 Å². The standard InChI is InChI=1S/C15H23FN2O3.ClH/c1-20-14-9-11(12(16)10-15(14)21-2)13(3-8-19)18-6-4-17-5-7-18;/h9-10,13,17,19H,3-8H2,1-2H3;1H/t13-;/m0./s1. The Morgan fingerprint density at radius 3 is 2.36 bits per heavy atom. The lowest BCUT2D eigenvalue weighted by Gasteiger charge is -2.35. The highest BCUT2D eigenvalue weighted by Gasteiger charge is 2.25. The second-order valence-corrected chi connectivity index (χ2v) is 5.04. The molecule has 2 N–H and O–H groups in total. The Morgan fingerprint density at radius 1 is 1.23 bits per heavy atom. The monoisotopic (exact) mass is 334 g/mol. The number of nitrogens with one attached hydrogen (secondary N) is 1. The summed E-state index contributed by atoms with van der Waals surface area (Å²) in [5.74, 6) is 0.554. The van der Waals surface area contributed by atoms with Gasteiger partial charge in [-0.15, -0.1) is 12.4 Å². The molecule has 0 amide bonds. The highest BCUT2D eigenvalue weighted by Crippen LogP contribution is 2.35. The molecule has 2 rings (SSSR count). The molecular weight excluding hydrogens is 311 g/mol. The van der Waals surface area contributed by atoms with E-state index in [1.165, 1.54) is 20.3 Å². The smallest absolute Gasteiger partial charge is 0.163 e. The van der Waals surface area contributed by atoms with Crippen LogP contribution in [0.25, 0.3) is 0 Å². The van der Waals surface area contributed by atoms with Crippen LogP contribution in [-0.4, -0.2) is 57.0 Å². The Morgan fingerprint density at radius 2 is 1.82 bits per heavy atom. The van der Waals surface area contributed by atoms with E-state index in [0.29, 0.717) is 23.5 Å². The molecule has 22 heavy (non-hydrogen) atoms. The summed E-state index contributed by atoms with van der Waals surface area (Å²) in [6.45, 7) is 3.42. The lowest BCUT2D eigenvalue weighted by molar-refractivity contribution is 0.138. The molecule has 1 aliphatic rings. The Hall–Kier alpha value is -1.08. The van der Waals surface area contributed by atoms with Gasteiger partial charge in [0.1, 0.15) is 5.82 Å². The molecule has 0 bridgehead atoms. The molecular formula is C15H24ClFN2O3. The maximum Gasteiger partial charge on any atom is 0.163 e. The molecule has 0 spiro atoms. The first-order chi connectivity index (χ1) is 10.2. The van der Waals surface area contributed by atoms with Crippen molar-refractivity contribution >= 4 is 12.4 Å². The zero-order valence-electron chi connectivity index (χ0n) is 13.0. The first kappa shape index (κ1) is 19.0. The quantitative estimate of drug-likeness (QED) is 0.827. The molecule has 1 aliphatic heterocycles. The maximum absolute atomic E-state index is 14.4. The van der Waals surface area contributed by atoms with E-state index in [-0.39, 0.29) is 30.9 Å². The second-order valence-electron chi connectivity index (χ2n) is 5.04. The summed E-state index contributed by atoms with van der Waals surface area (Å²) in [6.07, 6.45) is 0.492. The molecule has 0 unspecified atom stereocenters. The molecule has 7 heteroatoms. The van der Waals surface area contributed by atoms with Crippen LogP contribution in [0.1, 0.15) is 18.0 Å². The Bertz CT molecular complexity index is 470. The number of hydrogen-bond donors (Lipinski definition) is 2. The number of aliphatic hydroxyl groups is 1. The molecule has 1 heterocycles. The number of benzene rings is 1. The average Bonchev–Trinajstić information content (AvgIpc) is 2.53. The van der Waals surface area contributed by atoms with Gasteiger partial charge in [-0.2, -0.15) is 0 Å². The van der Waals surface area contributed by atoms with Gasteiger partial charge in [-0.3, -0.25) is 4.90 Å². The zero-order chi connectivity index (χ0) is 15.2. The number of aliphatic hydroxyl groups excluding tert-OH is 1. The van der Waals surface area contributed by atoms with E-state index in [2.05, 4.69) is 10.2 Å². The first-order valence-corrected chi connectivity index (χ1v) is 7.18. The summed E-state index contributed by atoms with van der Waals surface area (Å²) in [6, 6.07) is 2.87. The van der Waals surface area contributed by atoms with Crippen LogP contribution in [0.5, 0.6) is 11.5 Å².